The van der Waals surface area contributed by atoms with E-state index in [1.54, 1.807) is 0 Å². The molecule has 0 aromatic carbocycles. The van der Waals surface area contributed by atoms with Crippen molar-refractivity contribution in [2.45, 2.75) is 51.7 Å². The fourth-order valence-electron chi connectivity index (χ4n) is 1.19. The highest BCUT2D eigenvalue weighted by Gasteiger charge is 2.28. The van der Waals surface area contributed by atoms with Crippen molar-refractivity contribution >= 4 is 0 Å². The Bertz CT molecular complexity index is 180. The first-order valence-corrected chi connectivity index (χ1v) is 5.02. The molecule has 0 aromatic rings. The Hall–Kier alpha value is -0.340. The quantitative estimate of drug-likeness (QED) is 0.614. The summed E-state index contributed by atoms with van der Waals surface area (Å²) >= 11 is 0. The van der Waals surface area contributed by atoms with Crippen LogP contribution in [0.25, 0.3) is 0 Å². The average molecular weight is 184 g/mol. The number of ether oxygens (including phenoxy) is 2. The van der Waals surface area contributed by atoms with Crippen LogP contribution in [0.15, 0.2) is 12.2 Å². The van der Waals surface area contributed by atoms with Crippen LogP contribution in [0.2, 0.25) is 0 Å². The maximum Gasteiger partial charge on any atom is 0.149 e. The average Bonchev–Trinajstić information content (AvgIpc) is 2.29. The van der Waals surface area contributed by atoms with E-state index in [4.69, 9.17) is 9.47 Å². The van der Waals surface area contributed by atoms with E-state index in [2.05, 4.69) is 39.8 Å². The van der Waals surface area contributed by atoms with Gasteiger partial charge >= 0.3 is 0 Å². The van der Waals surface area contributed by atoms with E-state index in [1.165, 1.54) is 0 Å². The van der Waals surface area contributed by atoms with E-state index in [0.717, 1.165) is 12.8 Å². The van der Waals surface area contributed by atoms with E-state index in [-0.39, 0.29) is 11.2 Å². The van der Waals surface area contributed by atoms with Crippen molar-refractivity contribution in [1.82, 2.24) is 0 Å². The lowest BCUT2D eigenvalue weighted by atomic mass is 9.97. The molecule has 1 aliphatic rings. The van der Waals surface area contributed by atoms with Gasteiger partial charge in [0.1, 0.15) is 6.79 Å². The van der Waals surface area contributed by atoms with Gasteiger partial charge in [-0.15, -0.1) is 0 Å². The molecule has 2 nitrogen and oxygen atoms in total. The second-order valence-electron chi connectivity index (χ2n) is 4.07. The van der Waals surface area contributed by atoms with Gasteiger partial charge in [0.25, 0.3) is 0 Å². The molecule has 0 saturated heterocycles. The third kappa shape index (κ3) is 2.55. The minimum atomic E-state index is -0.146. The summed E-state index contributed by atoms with van der Waals surface area (Å²) < 4.78 is 11.3. The summed E-state index contributed by atoms with van der Waals surface area (Å²) in [5.41, 5.74) is -0.292. The normalized spacial score (nSPS) is 40.3. The topological polar surface area (TPSA) is 18.5 Å². The summed E-state index contributed by atoms with van der Waals surface area (Å²) in [5, 5.41) is 0. The van der Waals surface area contributed by atoms with E-state index < -0.39 is 0 Å². The van der Waals surface area contributed by atoms with Crippen LogP contribution in [0.3, 0.4) is 0 Å². The van der Waals surface area contributed by atoms with Crippen LogP contribution in [0.1, 0.15) is 40.5 Å². The van der Waals surface area contributed by atoms with Crippen molar-refractivity contribution in [3.8, 4) is 0 Å². The predicted molar refractivity (Wildman–Crippen MR) is 53.6 cm³/mol. The molecule has 0 aromatic heterocycles. The van der Waals surface area contributed by atoms with Gasteiger partial charge in [-0.3, -0.25) is 0 Å². The summed E-state index contributed by atoms with van der Waals surface area (Å²) in [4.78, 5) is 0. The first-order chi connectivity index (χ1) is 6.04. The van der Waals surface area contributed by atoms with Crippen molar-refractivity contribution in [3.63, 3.8) is 0 Å². The fraction of sp³-hybridized carbons (Fsp3) is 0.818. The first-order valence-electron chi connectivity index (χ1n) is 5.02. The lowest BCUT2D eigenvalue weighted by Gasteiger charge is -2.23. The van der Waals surface area contributed by atoms with Gasteiger partial charge in [0.2, 0.25) is 0 Å². The van der Waals surface area contributed by atoms with Crippen molar-refractivity contribution in [2.75, 3.05) is 6.79 Å². The Morgan fingerprint density at radius 2 is 1.38 bits per heavy atom. The molecule has 1 heterocycles. The summed E-state index contributed by atoms with van der Waals surface area (Å²) in [5.74, 6) is 0. The maximum absolute atomic E-state index is 5.63. The van der Waals surface area contributed by atoms with E-state index >= 15 is 0 Å². The van der Waals surface area contributed by atoms with Gasteiger partial charge in [-0.1, -0.05) is 26.0 Å². The molecule has 0 spiro atoms. The summed E-state index contributed by atoms with van der Waals surface area (Å²) in [6.45, 7) is 8.82. The Morgan fingerprint density at radius 1 is 1.00 bits per heavy atom. The first kappa shape index (κ1) is 10.7. The van der Waals surface area contributed by atoms with Crippen LogP contribution in [-0.4, -0.2) is 18.0 Å². The minimum Gasteiger partial charge on any atom is -0.345 e. The summed E-state index contributed by atoms with van der Waals surface area (Å²) in [6, 6.07) is 0. The van der Waals surface area contributed by atoms with Gasteiger partial charge in [0, 0.05) is 0 Å². The SMILES string of the molecule is CCC1(C)C=CC(C)(CC)OCO1. The van der Waals surface area contributed by atoms with Gasteiger partial charge in [-0.2, -0.15) is 0 Å². The molecule has 0 fully saturated rings. The molecule has 0 aliphatic carbocycles. The third-order valence-electron chi connectivity index (χ3n) is 2.97. The number of hydrogen-bond donors (Lipinski definition) is 0. The number of rotatable bonds is 2. The highest BCUT2D eigenvalue weighted by atomic mass is 16.7. The van der Waals surface area contributed by atoms with Crippen molar-refractivity contribution < 1.29 is 9.47 Å². The highest BCUT2D eigenvalue weighted by Crippen LogP contribution is 2.27. The maximum atomic E-state index is 5.63. The van der Waals surface area contributed by atoms with Gasteiger partial charge in [0.05, 0.1) is 11.2 Å². The van der Waals surface area contributed by atoms with Gasteiger partial charge in [0.15, 0.2) is 0 Å². The molecule has 2 atom stereocenters. The van der Waals surface area contributed by atoms with Gasteiger partial charge in [-0.05, 0) is 26.7 Å². The summed E-state index contributed by atoms with van der Waals surface area (Å²) in [6.07, 6.45) is 6.21. The van der Waals surface area contributed by atoms with E-state index in [1.807, 2.05) is 0 Å². The molecule has 1 aliphatic heterocycles. The predicted octanol–water partition coefficient (Wildman–Crippen LogP) is 2.88. The zero-order chi connectivity index (χ0) is 9.95. The van der Waals surface area contributed by atoms with Crippen molar-refractivity contribution in [3.05, 3.63) is 12.2 Å². The molecule has 2 heteroatoms. The molecule has 13 heavy (non-hydrogen) atoms. The standard InChI is InChI=1S/C11H20O2/c1-5-10(3)7-8-11(4,6-2)13-9-12-10/h7-8H,5-6,9H2,1-4H3. The van der Waals surface area contributed by atoms with Crippen LogP contribution in [0.4, 0.5) is 0 Å². The monoisotopic (exact) mass is 184 g/mol. The van der Waals surface area contributed by atoms with Crippen LogP contribution in [0, 0.1) is 0 Å². The molecule has 0 N–H and O–H groups in total. The third-order valence-corrected chi connectivity index (χ3v) is 2.97. The molecule has 0 amide bonds. The molecule has 2 unspecified atom stereocenters. The lowest BCUT2D eigenvalue weighted by Crippen LogP contribution is -2.26. The van der Waals surface area contributed by atoms with Crippen molar-refractivity contribution in [1.29, 1.82) is 0 Å². The Balaban J connectivity index is 2.76. The van der Waals surface area contributed by atoms with Crippen LogP contribution < -0.4 is 0 Å². The molecule has 0 bridgehead atoms. The lowest BCUT2D eigenvalue weighted by molar-refractivity contribution is -0.148. The van der Waals surface area contributed by atoms with E-state index in [0.29, 0.717) is 6.79 Å². The molecule has 0 saturated carbocycles. The Kier molecular flexibility index (Phi) is 3.14. The minimum absolute atomic E-state index is 0.146. The molecule has 0 radical (unpaired) electrons. The zero-order valence-corrected chi connectivity index (χ0v) is 9.09. The van der Waals surface area contributed by atoms with Gasteiger partial charge < -0.3 is 9.47 Å². The Morgan fingerprint density at radius 3 is 1.69 bits per heavy atom. The zero-order valence-electron chi connectivity index (χ0n) is 9.09. The molecule has 1 rings (SSSR count). The molecular weight excluding hydrogens is 164 g/mol. The van der Waals surface area contributed by atoms with Crippen LogP contribution in [0.5, 0.6) is 0 Å². The number of hydrogen-bond acceptors (Lipinski definition) is 2. The van der Waals surface area contributed by atoms with Crippen LogP contribution >= 0.6 is 0 Å². The van der Waals surface area contributed by atoms with Gasteiger partial charge in [-0.25, -0.2) is 0 Å². The molecular formula is C11H20O2. The van der Waals surface area contributed by atoms with Crippen LogP contribution in [-0.2, 0) is 9.47 Å². The smallest absolute Gasteiger partial charge is 0.149 e. The fourth-order valence-corrected chi connectivity index (χ4v) is 1.19. The van der Waals surface area contributed by atoms with E-state index in [9.17, 15) is 0 Å². The largest absolute Gasteiger partial charge is 0.345 e. The Labute approximate surface area is 80.9 Å². The van der Waals surface area contributed by atoms with Crippen molar-refractivity contribution in [2.24, 2.45) is 0 Å². The summed E-state index contributed by atoms with van der Waals surface area (Å²) in [7, 11) is 0. The second kappa shape index (κ2) is 3.81. The second-order valence-corrected chi connectivity index (χ2v) is 4.07. The molecule has 76 valence electrons. The highest BCUT2D eigenvalue weighted by molar-refractivity contribution is 5.08.